The molecule has 0 bridgehead atoms. The Morgan fingerprint density at radius 3 is 2.65 bits per heavy atom. The lowest BCUT2D eigenvalue weighted by molar-refractivity contribution is -0.119. The van der Waals surface area contributed by atoms with Gasteiger partial charge in [-0.05, 0) is 48.7 Å². The highest BCUT2D eigenvalue weighted by molar-refractivity contribution is 7.98. The Labute approximate surface area is 145 Å². The second kappa shape index (κ2) is 7.28. The summed E-state index contributed by atoms with van der Waals surface area (Å²) in [6, 6.07) is 16.0. The topological polar surface area (TPSA) is 46.3 Å². The number of nitrogens with zero attached hydrogens (tertiary/aromatic N) is 1. The van der Waals surface area contributed by atoms with Crippen LogP contribution in [0.25, 0.3) is 0 Å². The fraction of sp³-hybridized carbons (Fsp3) is 0.278. The number of nitrogens with two attached hydrogens (primary N) is 1. The molecule has 1 atom stereocenters. The van der Waals surface area contributed by atoms with Crippen LogP contribution in [0.4, 0.5) is 5.69 Å². The maximum atomic E-state index is 11.5. The van der Waals surface area contributed by atoms with Gasteiger partial charge < -0.3 is 10.6 Å². The molecule has 23 heavy (non-hydrogen) atoms. The number of primary amides is 1. The van der Waals surface area contributed by atoms with Gasteiger partial charge in [-0.1, -0.05) is 29.8 Å². The second-order valence-electron chi connectivity index (χ2n) is 5.63. The standard InChI is InChI=1S/C18H19ClN2OS/c19-16-5-2-1-4-13(16)12-23-15-9-7-14(8-10-15)21-11-3-6-17(21)18(20)22/h1-2,4-5,7-10,17H,3,6,11-12H2,(H2,20,22)/t17-/m1/s1. The van der Waals surface area contributed by atoms with Gasteiger partial charge in [-0.2, -0.15) is 0 Å². The van der Waals surface area contributed by atoms with Crippen molar-refractivity contribution >= 4 is 35.0 Å². The Bertz CT molecular complexity index is 690. The summed E-state index contributed by atoms with van der Waals surface area (Å²) in [5.41, 5.74) is 7.68. The maximum Gasteiger partial charge on any atom is 0.240 e. The fourth-order valence-corrected chi connectivity index (χ4v) is 4.07. The molecule has 0 spiro atoms. The third kappa shape index (κ3) is 3.82. The molecular weight excluding hydrogens is 328 g/mol. The summed E-state index contributed by atoms with van der Waals surface area (Å²) in [6.07, 6.45) is 1.86. The summed E-state index contributed by atoms with van der Waals surface area (Å²) >= 11 is 7.94. The lowest BCUT2D eigenvalue weighted by atomic mass is 10.2. The van der Waals surface area contributed by atoms with Gasteiger partial charge in [0.15, 0.2) is 0 Å². The molecule has 2 aromatic rings. The molecule has 2 N–H and O–H groups in total. The summed E-state index contributed by atoms with van der Waals surface area (Å²) in [6.45, 7) is 0.889. The molecule has 120 valence electrons. The maximum absolute atomic E-state index is 11.5. The Morgan fingerprint density at radius 1 is 1.22 bits per heavy atom. The first-order chi connectivity index (χ1) is 11.1. The molecule has 3 nitrogen and oxygen atoms in total. The number of hydrogen-bond donors (Lipinski definition) is 1. The van der Waals surface area contributed by atoms with Crippen molar-refractivity contribution in [2.24, 2.45) is 5.73 Å². The Morgan fingerprint density at radius 2 is 1.96 bits per heavy atom. The number of amides is 1. The van der Waals surface area contributed by atoms with Crippen LogP contribution in [0, 0.1) is 0 Å². The van der Waals surface area contributed by atoms with Gasteiger partial charge in [-0.15, -0.1) is 11.8 Å². The number of rotatable bonds is 5. The minimum absolute atomic E-state index is 0.170. The van der Waals surface area contributed by atoms with E-state index in [0.29, 0.717) is 0 Å². The van der Waals surface area contributed by atoms with E-state index in [1.54, 1.807) is 11.8 Å². The zero-order valence-electron chi connectivity index (χ0n) is 12.7. The first-order valence-corrected chi connectivity index (χ1v) is 9.04. The minimum atomic E-state index is -0.236. The average Bonchev–Trinajstić information content (AvgIpc) is 3.04. The second-order valence-corrected chi connectivity index (χ2v) is 7.08. The molecule has 2 aromatic carbocycles. The summed E-state index contributed by atoms with van der Waals surface area (Å²) < 4.78 is 0. The lowest BCUT2D eigenvalue weighted by Gasteiger charge is -2.24. The molecule has 5 heteroatoms. The average molecular weight is 347 g/mol. The molecule has 0 aliphatic carbocycles. The highest BCUT2D eigenvalue weighted by Crippen LogP contribution is 2.30. The largest absolute Gasteiger partial charge is 0.368 e. The van der Waals surface area contributed by atoms with Crippen LogP contribution in [-0.2, 0) is 10.5 Å². The van der Waals surface area contributed by atoms with Crippen molar-refractivity contribution in [3.05, 3.63) is 59.1 Å². The third-order valence-electron chi connectivity index (χ3n) is 4.10. The number of benzene rings is 2. The van der Waals surface area contributed by atoms with Crippen LogP contribution in [0.3, 0.4) is 0 Å². The van der Waals surface area contributed by atoms with Crippen LogP contribution in [0.15, 0.2) is 53.4 Å². The van der Waals surface area contributed by atoms with Gasteiger partial charge >= 0.3 is 0 Å². The summed E-state index contributed by atoms with van der Waals surface area (Å²) in [4.78, 5) is 14.8. The van der Waals surface area contributed by atoms with E-state index in [4.69, 9.17) is 17.3 Å². The van der Waals surface area contributed by atoms with Crippen molar-refractivity contribution < 1.29 is 4.79 Å². The molecule has 0 unspecified atom stereocenters. The first kappa shape index (κ1) is 16.2. The predicted molar refractivity (Wildman–Crippen MR) is 97.0 cm³/mol. The smallest absolute Gasteiger partial charge is 0.240 e. The molecule has 1 fully saturated rings. The SMILES string of the molecule is NC(=O)[C@H]1CCCN1c1ccc(SCc2ccccc2Cl)cc1. The van der Waals surface area contributed by atoms with E-state index in [1.807, 2.05) is 24.3 Å². The molecule has 0 saturated carbocycles. The molecule has 1 amide bonds. The number of thioether (sulfide) groups is 1. The van der Waals surface area contributed by atoms with Crippen molar-refractivity contribution in [2.75, 3.05) is 11.4 Å². The van der Waals surface area contributed by atoms with Crippen molar-refractivity contribution in [1.29, 1.82) is 0 Å². The van der Waals surface area contributed by atoms with Crippen LogP contribution in [0.5, 0.6) is 0 Å². The van der Waals surface area contributed by atoms with E-state index in [2.05, 4.69) is 29.2 Å². The van der Waals surface area contributed by atoms with Gasteiger partial charge in [-0.25, -0.2) is 0 Å². The van der Waals surface area contributed by atoms with E-state index in [0.717, 1.165) is 41.4 Å². The third-order valence-corrected chi connectivity index (χ3v) is 5.53. The van der Waals surface area contributed by atoms with Crippen molar-refractivity contribution in [3.63, 3.8) is 0 Å². The molecule has 0 aromatic heterocycles. The Kier molecular flexibility index (Phi) is 5.13. The Hall–Kier alpha value is -1.65. The lowest BCUT2D eigenvalue weighted by Crippen LogP contribution is -2.40. The van der Waals surface area contributed by atoms with Gasteiger partial charge in [0.05, 0.1) is 0 Å². The molecular formula is C18H19ClN2OS. The zero-order chi connectivity index (χ0) is 16.2. The van der Waals surface area contributed by atoms with E-state index in [9.17, 15) is 4.79 Å². The van der Waals surface area contributed by atoms with Crippen molar-refractivity contribution in [1.82, 2.24) is 0 Å². The summed E-state index contributed by atoms with van der Waals surface area (Å²) in [7, 11) is 0. The number of anilines is 1. The molecule has 1 saturated heterocycles. The van der Waals surface area contributed by atoms with E-state index >= 15 is 0 Å². The quantitative estimate of drug-likeness (QED) is 0.829. The summed E-state index contributed by atoms with van der Waals surface area (Å²) in [5.74, 6) is 0.604. The van der Waals surface area contributed by atoms with Crippen LogP contribution < -0.4 is 10.6 Å². The van der Waals surface area contributed by atoms with E-state index < -0.39 is 0 Å². The highest BCUT2D eigenvalue weighted by atomic mass is 35.5. The molecule has 1 aliphatic heterocycles. The number of halogens is 1. The first-order valence-electron chi connectivity index (χ1n) is 7.67. The molecule has 1 heterocycles. The Balaban J connectivity index is 1.65. The minimum Gasteiger partial charge on any atom is -0.368 e. The number of carbonyl (C=O) groups excluding carboxylic acids is 1. The van der Waals surface area contributed by atoms with Crippen LogP contribution in [0.1, 0.15) is 18.4 Å². The molecule has 1 aliphatic rings. The number of carbonyl (C=O) groups is 1. The molecule has 3 rings (SSSR count). The number of hydrogen-bond acceptors (Lipinski definition) is 3. The van der Waals surface area contributed by atoms with E-state index in [-0.39, 0.29) is 11.9 Å². The van der Waals surface area contributed by atoms with Crippen LogP contribution in [-0.4, -0.2) is 18.5 Å². The molecule has 0 radical (unpaired) electrons. The van der Waals surface area contributed by atoms with Crippen LogP contribution >= 0.6 is 23.4 Å². The van der Waals surface area contributed by atoms with Gasteiger partial charge in [0.25, 0.3) is 0 Å². The normalized spacial score (nSPS) is 17.4. The van der Waals surface area contributed by atoms with Gasteiger partial charge in [0.2, 0.25) is 5.91 Å². The predicted octanol–water partition coefficient (Wildman–Crippen LogP) is 4.09. The van der Waals surface area contributed by atoms with Gasteiger partial charge in [0, 0.05) is 27.9 Å². The summed E-state index contributed by atoms with van der Waals surface area (Å²) in [5, 5.41) is 0.804. The van der Waals surface area contributed by atoms with Gasteiger partial charge in [-0.3, -0.25) is 4.79 Å². The van der Waals surface area contributed by atoms with Crippen molar-refractivity contribution in [2.45, 2.75) is 29.5 Å². The van der Waals surface area contributed by atoms with Gasteiger partial charge in [0.1, 0.15) is 6.04 Å². The monoisotopic (exact) mass is 346 g/mol. The van der Waals surface area contributed by atoms with Crippen molar-refractivity contribution in [3.8, 4) is 0 Å². The fourth-order valence-electron chi connectivity index (χ4n) is 2.88. The van der Waals surface area contributed by atoms with Crippen LogP contribution in [0.2, 0.25) is 5.02 Å². The van der Waals surface area contributed by atoms with E-state index in [1.165, 1.54) is 4.90 Å². The highest BCUT2D eigenvalue weighted by Gasteiger charge is 2.28. The zero-order valence-corrected chi connectivity index (χ0v) is 14.3.